The summed E-state index contributed by atoms with van der Waals surface area (Å²) in [6, 6.07) is 9.65. The molecule has 0 fully saturated rings. The molecule has 0 radical (unpaired) electrons. The van der Waals surface area contributed by atoms with E-state index in [4.69, 9.17) is 4.74 Å². The minimum atomic E-state index is -0.492. The lowest BCUT2D eigenvalue weighted by molar-refractivity contribution is 0.265. The second kappa shape index (κ2) is 4.05. The number of aromatic nitrogens is 1. The Morgan fingerprint density at radius 1 is 1.21 bits per heavy atom. The van der Waals surface area contributed by atoms with E-state index in [1.54, 1.807) is 6.20 Å². The number of nitrogens with zero attached hydrogens (tertiary/aromatic N) is 1. The molecule has 0 aliphatic rings. The summed E-state index contributed by atoms with van der Waals surface area (Å²) in [5.74, 6) is 0.473. The number of halogens is 1. The first-order valence-electron chi connectivity index (χ1n) is 4.44. The lowest BCUT2D eigenvalue weighted by atomic mass is 10.2. The SMILES string of the molecule is FCCOc1cc2ccccc2cn1. The molecule has 0 unspecified atom stereocenters. The number of alkyl halides is 1. The Kier molecular flexibility index (Phi) is 2.58. The van der Waals surface area contributed by atoms with Crippen molar-refractivity contribution in [1.82, 2.24) is 4.98 Å². The predicted molar refractivity (Wildman–Crippen MR) is 53.2 cm³/mol. The number of pyridine rings is 1. The molecular formula is C11H10FNO. The Labute approximate surface area is 81.3 Å². The Hall–Kier alpha value is -1.64. The fraction of sp³-hybridized carbons (Fsp3) is 0.182. The van der Waals surface area contributed by atoms with Crippen LogP contribution in [-0.4, -0.2) is 18.3 Å². The topological polar surface area (TPSA) is 22.1 Å². The molecule has 2 rings (SSSR count). The zero-order chi connectivity index (χ0) is 9.80. The summed E-state index contributed by atoms with van der Waals surface area (Å²) in [4.78, 5) is 4.06. The van der Waals surface area contributed by atoms with Crippen LogP contribution in [0.1, 0.15) is 0 Å². The van der Waals surface area contributed by atoms with Crippen LogP contribution in [0.25, 0.3) is 10.8 Å². The van der Waals surface area contributed by atoms with E-state index in [-0.39, 0.29) is 6.61 Å². The Balaban J connectivity index is 2.32. The Morgan fingerprint density at radius 2 is 2.00 bits per heavy atom. The first-order chi connectivity index (χ1) is 6.90. The van der Waals surface area contributed by atoms with Crippen molar-refractivity contribution in [2.45, 2.75) is 0 Å². The molecule has 0 aliphatic carbocycles. The Morgan fingerprint density at radius 3 is 2.79 bits per heavy atom. The van der Waals surface area contributed by atoms with E-state index < -0.39 is 6.67 Å². The molecule has 0 aliphatic heterocycles. The first kappa shape index (κ1) is 8.94. The van der Waals surface area contributed by atoms with Gasteiger partial charge in [0.2, 0.25) is 5.88 Å². The Bertz CT molecular complexity index is 430. The lowest BCUT2D eigenvalue weighted by Crippen LogP contribution is -1.99. The fourth-order valence-electron chi connectivity index (χ4n) is 1.29. The van der Waals surface area contributed by atoms with Gasteiger partial charge in [-0.05, 0) is 5.39 Å². The van der Waals surface area contributed by atoms with Gasteiger partial charge in [-0.1, -0.05) is 24.3 Å². The van der Waals surface area contributed by atoms with Crippen LogP contribution < -0.4 is 4.74 Å². The van der Waals surface area contributed by atoms with E-state index in [0.717, 1.165) is 10.8 Å². The first-order valence-corrected chi connectivity index (χ1v) is 4.44. The quantitative estimate of drug-likeness (QED) is 0.743. The van der Waals surface area contributed by atoms with Crippen LogP contribution in [-0.2, 0) is 0 Å². The number of fused-ring (bicyclic) bond motifs is 1. The molecule has 1 heterocycles. The third kappa shape index (κ3) is 1.82. The van der Waals surface area contributed by atoms with Crippen molar-refractivity contribution in [3.8, 4) is 5.88 Å². The van der Waals surface area contributed by atoms with Crippen LogP contribution in [0.3, 0.4) is 0 Å². The molecule has 0 amide bonds. The minimum absolute atomic E-state index is 0.0609. The van der Waals surface area contributed by atoms with Gasteiger partial charge in [0.05, 0.1) is 0 Å². The molecule has 0 bridgehead atoms. The number of rotatable bonds is 3. The van der Waals surface area contributed by atoms with Gasteiger partial charge >= 0.3 is 0 Å². The molecule has 1 aromatic heterocycles. The third-order valence-electron chi connectivity index (χ3n) is 1.93. The van der Waals surface area contributed by atoms with Gasteiger partial charge < -0.3 is 4.74 Å². The molecule has 2 aromatic rings. The predicted octanol–water partition coefficient (Wildman–Crippen LogP) is 2.58. The standard InChI is InChI=1S/C11H10FNO/c12-5-6-14-11-7-9-3-1-2-4-10(9)8-13-11/h1-4,7-8H,5-6H2. The van der Waals surface area contributed by atoms with Crippen molar-refractivity contribution < 1.29 is 9.13 Å². The highest BCUT2D eigenvalue weighted by Gasteiger charge is 1.97. The maximum absolute atomic E-state index is 11.8. The smallest absolute Gasteiger partial charge is 0.213 e. The van der Waals surface area contributed by atoms with Crippen molar-refractivity contribution >= 4 is 10.8 Å². The summed E-state index contributed by atoms with van der Waals surface area (Å²) >= 11 is 0. The van der Waals surface area contributed by atoms with E-state index in [2.05, 4.69) is 4.98 Å². The average Bonchev–Trinajstić information content (AvgIpc) is 2.26. The van der Waals surface area contributed by atoms with Crippen molar-refractivity contribution in [3.05, 3.63) is 36.5 Å². The van der Waals surface area contributed by atoms with E-state index >= 15 is 0 Å². The van der Waals surface area contributed by atoms with Crippen LogP contribution in [0.15, 0.2) is 36.5 Å². The summed E-state index contributed by atoms with van der Waals surface area (Å²) < 4.78 is 16.9. The third-order valence-corrected chi connectivity index (χ3v) is 1.93. The molecule has 72 valence electrons. The molecule has 0 N–H and O–H groups in total. The summed E-state index contributed by atoms with van der Waals surface area (Å²) in [5.41, 5.74) is 0. The zero-order valence-electron chi connectivity index (χ0n) is 7.61. The van der Waals surface area contributed by atoms with Gasteiger partial charge in [0.15, 0.2) is 0 Å². The van der Waals surface area contributed by atoms with E-state index in [9.17, 15) is 4.39 Å². The summed E-state index contributed by atoms with van der Waals surface area (Å²) in [6.45, 7) is -0.431. The van der Waals surface area contributed by atoms with Crippen molar-refractivity contribution in [2.24, 2.45) is 0 Å². The van der Waals surface area contributed by atoms with Crippen molar-refractivity contribution in [2.75, 3.05) is 13.3 Å². The van der Waals surface area contributed by atoms with E-state index in [1.807, 2.05) is 30.3 Å². The van der Waals surface area contributed by atoms with Gasteiger partial charge in [-0.25, -0.2) is 9.37 Å². The normalized spacial score (nSPS) is 10.4. The number of hydrogen-bond donors (Lipinski definition) is 0. The van der Waals surface area contributed by atoms with Gasteiger partial charge in [0.1, 0.15) is 13.3 Å². The number of hydrogen-bond acceptors (Lipinski definition) is 2. The molecular weight excluding hydrogens is 181 g/mol. The van der Waals surface area contributed by atoms with Crippen LogP contribution in [0, 0.1) is 0 Å². The van der Waals surface area contributed by atoms with Crippen molar-refractivity contribution in [3.63, 3.8) is 0 Å². The van der Waals surface area contributed by atoms with Crippen LogP contribution in [0.2, 0.25) is 0 Å². The van der Waals surface area contributed by atoms with Crippen molar-refractivity contribution in [1.29, 1.82) is 0 Å². The maximum atomic E-state index is 11.8. The molecule has 0 saturated heterocycles. The molecule has 3 heteroatoms. The molecule has 0 saturated carbocycles. The van der Waals surface area contributed by atoms with E-state index in [1.165, 1.54) is 0 Å². The number of benzene rings is 1. The van der Waals surface area contributed by atoms with Gasteiger partial charge in [-0.15, -0.1) is 0 Å². The second-order valence-electron chi connectivity index (χ2n) is 2.91. The van der Waals surface area contributed by atoms with Gasteiger partial charge in [0.25, 0.3) is 0 Å². The van der Waals surface area contributed by atoms with Gasteiger partial charge in [-0.2, -0.15) is 0 Å². The highest BCUT2D eigenvalue weighted by molar-refractivity contribution is 5.82. The molecule has 2 nitrogen and oxygen atoms in total. The average molecular weight is 191 g/mol. The van der Waals surface area contributed by atoms with Crippen LogP contribution in [0.4, 0.5) is 4.39 Å². The highest BCUT2D eigenvalue weighted by atomic mass is 19.1. The largest absolute Gasteiger partial charge is 0.475 e. The van der Waals surface area contributed by atoms with Gasteiger partial charge in [0, 0.05) is 17.6 Å². The molecule has 0 atom stereocenters. The summed E-state index contributed by atoms with van der Waals surface area (Å²) in [6.07, 6.45) is 1.73. The summed E-state index contributed by atoms with van der Waals surface area (Å²) in [5, 5.41) is 2.11. The summed E-state index contributed by atoms with van der Waals surface area (Å²) in [7, 11) is 0. The molecule has 1 aromatic carbocycles. The zero-order valence-corrected chi connectivity index (χ0v) is 7.61. The fourth-order valence-corrected chi connectivity index (χ4v) is 1.29. The van der Waals surface area contributed by atoms with Crippen LogP contribution in [0.5, 0.6) is 5.88 Å². The monoisotopic (exact) mass is 191 g/mol. The molecule has 14 heavy (non-hydrogen) atoms. The van der Waals surface area contributed by atoms with Crippen LogP contribution >= 0.6 is 0 Å². The maximum Gasteiger partial charge on any atom is 0.213 e. The number of ether oxygens (including phenoxy) is 1. The second-order valence-corrected chi connectivity index (χ2v) is 2.91. The van der Waals surface area contributed by atoms with Gasteiger partial charge in [-0.3, -0.25) is 0 Å². The molecule has 0 spiro atoms. The lowest BCUT2D eigenvalue weighted by Gasteiger charge is -2.03. The minimum Gasteiger partial charge on any atom is -0.475 e. The highest BCUT2D eigenvalue weighted by Crippen LogP contribution is 2.17. The van der Waals surface area contributed by atoms with E-state index in [0.29, 0.717) is 5.88 Å².